The Morgan fingerprint density at radius 1 is 0.595 bits per heavy atom. The summed E-state index contributed by atoms with van der Waals surface area (Å²) < 4.78 is 82.1. The fourth-order valence-corrected chi connectivity index (χ4v) is 10.7. The van der Waals surface area contributed by atoms with Gasteiger partial charge in [-0.25, -0.2) is 53.1 Å². The number of hydrogen-bond donors (Lipinski definition) is 6. The van der Waals surface area contributed by atoms with Crippen LogP contribution in [-0.2, 0) is 65.5 Å². The molecule has 84 heavy (non-hydrogen) atoms. The number of ether oxygens (including phenoxy) is 10. The average Bonchev–Trinajstić information content (AvgIpc) is 4.28. The quantitative estimate of drug-likeness (QED) is 0.0225. The minimum atomic E-state index is -5.76. The van der Waals surface area contributed by atoms with Crippen LogP contribution < -0.4 is 10.6 Å². The molecule has 2 aliphatic heterocycles. The first-order chi connectivity index (χ1) is 40.2. The molecule has 39 heteroatoms. The predicted octanol–water partition coefficient (Wildman–Crippen LogP) is 4.03. The van der Waals surface area contributed by atoms with E-state index in [0.717, 1.165) is 79.8 Å². The molecule has 2 saturated carbocycles. The number of carbonyl (C=O) groups is 6. The van der Waals surface area contributed by atoms with E-state index < -0.39 is 132 Å². The van der Waals surface area contributed by atoms with Gasteiger partial charge in [0.05, 0.1) is 53.3 Å². The van der Waals surface area contributed by atoms with Crippen LogP contribution in [-0.4, -0.2) is 216 Å². The topological polar surface area (TPSA) is 438 Å². The first-order valence-corrected chi connectivity index (χ1v) is 27.9. The molecule has 4 aromatic heterocycles. The summed E-state index contributed by atoms with van der Waals surface area (Å²) in [6.07, 6.45) is -19.4. The number of aliphatic hydroxyl groups excluding tert-OH is 4. The van der Waals surface area contributed by atoms with E-state index in [-0.39, 0.29) is 54.8 Å². The Balaban J connectivity index is 1.02. The molecule has 0 aromatic carbocycles. The van der Waals surface area contributed by atoms with Gasteiger partial charge in [-0.05, 0) is 61.7 Å². The lowest BCUT2D eigenvalue weighted by atomic mass is 10.1. The number of fused-ring (bicyclic) bond motifs is 2. The Morgan fingerprint density at radius 2 is 0.940 bits per heavy atom. The molecule has 0 radical (unpaired) electrons. The molecule has 36 nitrogen and oxygen atoms in total. The van der Waals surface area contributed by atoms with Gasteiger partial charge in [0.15, 0.2) is 46.4 Å². The van der Waals surface area contributed by atoms with Crippen molar-refractivity contribution in [3.63, 3.8) is 0 Å². The zero-order valence-electron chi connectivity index (χ0n) is 45.2. The number of amides is 2. The van der Waals surface area contributed by atoms with Crippen molar-refractivity contribution >= 4 is 102 Å². The van der Waals surface area contributed by atoms with E-state index in [1.54, 1.807) is 0 Å². The van der Waals surface area contributed by atoms with Crippen LogP contribution in [0.4, 0.5) is 40.4 Å². The summed E-state index contributed by atoms with van der Waals surface area (Å²) in [7, 11) is -1.82. The predicted molar refractivity (Wildman–Crippen MR) is 276 cm³/mol. The highest BCUT2D eigenvalue weighted by Crippen LogP contribution is 2.50. The number of methoxy groups -OCH3 is 4. The number of rotatable bonds is 21. The molecule has 4 aromatic rings. The zero-order valence-corrected chi connectivity index (χ0v) is 47.6. The minimum Gasteiger partial charge on any atom is -0.437 e. The summed E-state index contributed by atoms with van der Waals surface area (Å²) in [5, 5.41) is 51.6. The van der Waals surface area contributed by atoms with Crippen LogP contribution in [0, 0.1) is 0 Å². The normalized spacial score (nSPS) is 22.7. The Bertz CT molecular complexity index is 2830. The van der Waals surface area contributed by atoms with Crippen molar-refractivity contribution in [2.75, 3.05) is 59.3 Å². The second-order valence-corrected chi connectivity index (χ2v) is 21.2. The molecule has 8 rings (SSSR count). The van der Waals surface area contributed by atoms with Gasteiger partial charge in [-0.15, -0.1) is 0 Å². The molecule has 6 N–H and O–H groups in total. The molecule has 2 saturated heterocycles. The third-order valence-electron chi connectivity index (χ3n) is 13.7. The Labute approximate surface area is 484 Å². The SMILES string of the molecule is COC(=O)OC(OC(=O)OC)N(CC[C@H]1O[C@@H](n2cnc3c(NC4CCCC4)nc(Cl)nc32)[C@H](O)[C@@H]1O)C(=O)OP(=O)(OC)OC(=O)N(CC[C@H]1O[C@@H](n2cnc3c(NC4CCCC4)nc(Cl)nc32)[C@H](O)[C@@H]1O)C(OC(=O)OC)OC(=O)OC. The van der Waals surface area contributed by atoms with Gasteiger partial charge in [0.1, 0.15) is 24.4 Å². The summed E-state index contributed by atoms with van der Waals surface area (Å²) >= 11 is 12.6. The van der Waals surface area contributed by atoms with Gasteiger partial charge in [-0.2, -0.15) is 19.9 Å². The van der Waals surface area contributed by atoms with Gasteiger partial charge < -0.3 is 87.5 Å². The maximum Gasteiger partial charge on any atom is 0.594 e. The number of nitrogens with zero attached hydrogens (tertiary/aromatic N) is 10. The van der Waals surface area contributed by atoms with E-state index in [1.165, 1.54) is 21.8 Å². The molecule has 2 amide bonds. The second kappa shape index (κ2) is 27.7. The van der Waals surface area contributed by atoms with Crippen molar-refractivity contribution in [3.8, 4) is 0 Å². The molecular weight excluding hydrogens is 1190 g/mol. The van der Waals surface area contributed by atoms with Crippen molar-refractivity contribution in [2.45, 2.75) is 138 Å². The molecule has 8 atom stereocenters. The average molecular weight is 1250 g/mol. The minimum absolute atomic E-state index is 0.0806. The van der Waals surface area contributed by atoms with Crippen LogP contribution in [0.3, 0.4) is 0 Å². The first kappa shape index (κ1) is 62.9. The van der Waals surface area contributed by atoms with Crippen molar-refractivity contribution in [2.24, 2.45) is 0 Å². The van der Waals surface area contributed by atoms with Gasteiger partial charge in [0.25, 0.3) is 0 Å². The lowest BCUT2D eigenvalue weighted by Gasteiger charge is -2.31. The summed E-state index contributed by atoms with van der Waals surface area (Å²) in [6.45, 7) is -1.80. The smallest absolute Gasteiger partial charge is 0.437 e. The van der Waals surface area contributed by atoms with Crippen molar-refractivity contribution in [1.82, 2.24) is 48.8 Å². The number of aromatic nitrogens is 8. The number of halogens is 2. The molecule has 2 aliphatic carbocycles. The standard InChI is InChI=1S/C45H59Cl2N12O24P/c1-71-42(66)78-40(79-43(67)72-2)56(16-14-22-26(60)28(62)34(76-22)58-18-48-24-30(50-20-10-6-7-11-20)52-36(46)54-32(24)58)38(64)82-84(70,75-5)83-39(65)57(41(80-44(68)73-3)81-45(69)74-4)17-15-23-27(61)29(63)35(77-23)59-19-49-25-31(51-21-12-8-9-13-21)53-37(47)55-33(25)59/h18-23,26-29,34-35,40-41,60-63H,6-17H2,1-5H3,(H,50,52,54)(H,51,53,55)/t22-,23-,26-,27-,28-,29-,34-,35-/m1/s1. The van der Waals surface area contributed by atoms with Crippen LogP contribution in [0.1, 0.15) is 76.7 Å². The molecule has 0 bridgehead atoms. The largest absolute Gasteiger partial charge is 0.594 e. The van der Waals surface area contributed by atoms with Crippen LogP contribution in [0.2, 0.25) is 10.6 Å². The molecule has 0 spiro atoms. The van der Waals surface area contributed by atoms with E-state index in [4.69, 9.17) is 65.2 Å². The number of imidazole rings is 2. The maximum absolute atomic E-state index is 14.4. The number of aliphatic hydroxyl groups is 4. The van der Waals surface area contributed by atoms with Gasteiger partial charge >= 0.3 is 57.5 Å². The highest BCUT2D eigenvalue weighted by Gasteiger charge is 2.49. The summed E-state index contributed by atoms with van der Waals surface area (Å²) in [5.74, 6) is 0.619. The van der Waals surface area contributed by atoms with E-state index in [1.807, 2.05) is 0 Å². The number of hydrogen-bond acceptors (Lipinski definition) is 32. The zero-order chi connectivity index (χ0) is 60.6. The third kappa shape index (κ3) is 14.5. The Kier molecular flexibility index (Phi) is 20.7. The highest BCUT2D eigenvalue weighted by atomic mass is 35.5. The summed E-state index contributed by atoms with van der Waals surface area (Å²) in [5.41, 5.74) is 0.698. The van der Waals surface area contributed by atoms with Crippen molar-refractivity contribution in [3.05, 3.63) is 23.2 Å². The molecular formula is C45H59Cl2N12O24P. The highest BCUT2D eigenvalue weighted by molar-refractivity contribution is 7.49. The van der Waals surface area contributed by atoms with Crippen LogP contribution >= 0.6 is 31.0 Å². The lowest BCUT2D eigenvalue weighted by Crippen LogP contribution is -2.48. The second-order valence-electron chi connectivity index (χ2n) is 18.9. The van der Waals surface area contributed by atoms with Gasteiger partial charge in [-0.1, -0.05) is 25.7 Å². The van der Waals surface area contributed by atoms with E-state index in [0.29, 0.717) is 18.7 Å². The summed E-state index contributed by atoms with van der Waals surface area (Å²) in [6, 6.07) is 0.161. The van der Waals surface area contributed by atoms with Crippen molar-refractivity contribution < 1.29 is 115 Å². The number of phosphoric acid groups is 1. The Morgan fingerprint density at radius 3 is 1.26 bits per heavy atom. The molecule has 6 heterocycles. The van der Waals surface area contributed by atoms with Gasteiger partial charge in [-0.3, -0.25) is 13.7 Å². The van der Waals surface area contributed by atoms with Gasteiger partial charge in [0.2, 0.25) is 10.6 Å². The van der Waals surface area contributed by atoms with Crippen molar-refractivity contribution in [1.29, 1.82) is 0 Å². The molecule has 0 unspecified atom stereocenters. The molecule has 4 aliphatic rings. The summed E-state index contributed by atoms with van der Waals surface area (Å²) in [4.78, 5) is 105. The number of phosphoric ester groups is 1. The molecule has 4 fully saturated rings. The Hall–Kier alpha value is -7.15. The number of anilines is 2. The fraction of sp³-hybridized carbons (Fsp3) is 0.644. The molecule has 462 valence electrons. The van der Waals surface area contributed by atoms with Crippen LogP contribution in [0.15, 0.2) is 12.7 Å². The third-order valence-corrected chi connectivity index (χ3v) is 15.3. The maximum atomic E-state index is 14.4. The van der Waals surface area contributed by atoms with Crippen LogP contribution in [0.5, 0.6) is 0 Å². The van der Waals surface area contributed by atoms with E-state index in [9.17, 15) is 53.8 Å². The monoisotopic (exact) mass is 1250 g/mol. The number of nitrogens with one attached hydrogen (secondary N) is 2. The first-order valence-electron chi connectivity index (χ1n) is 25.7. The number of carbonyl (C=O) groups excluding carboxylic acids is 6. The van der Waals surface area contributed by atoms with Gasteiger partial charge in [0, 0.05) is 32.3 Å². The van der Waals surface area contributed by atoms with Crippen LogP contribution in [0.25, 0.3) is 22.3 Å². The lowest BCUT2D eigenvalue weighted by molar-refractivity contribution is -0.168. The van der Waals surface area contributed by atoms with E-state index in [2.05, 4.69) is 59.5 Å². The van der Waals surface area contributed by atoms with E-state index >= 15 is 0 Å². The fourth-order valence-electron chi connectivity index (χ4n) is 9.59.